The lowest BCUT2D eigenvalue weighted by atomic mass is 10.1. The van der Waals surface area contributed by atoms with Gasteiger partial charge in [-0.15, -0.1) is 0 Å². The van der Waals surface area contributed by atoms with Gasteiger partial charge in [-0.3, -0.25) is 9.59 Å². The standard InChI is InChI=1S/C16H12FN3O4/c17-12-5-4-9(7-11(12)14(18)22)20-15(23)13(19-16(20)24)8-2-1-3-10(21)6-8/h1-7,13,21H,(H2,18,22)(H,19,24). The van der Waals surface area contributed by atoms with Crippen LogP contribution in [0, 0.1) is 5.82 Å². The van der Waals surface area contributed by atoms with Crippen molar-refractivity contribution in [3.8, 4) is 5.75 Å². The Morgan fingerprint density at radius 3 is 2.62 bits per heavy atom. The molecule has 1 atom stereocenters. The number of amides is 4. The first-order valence-corrected chi connectivity index (χ1v) is 6.91. The number of urea groups is 1. The molecule has 4 N–H and O–H groups in total. The Morgan fingerprint density at radius 1 is 1.21 bits per heavy atom. The van der Waals surface area contributed by atoms with Gasteiger partial charge in [0, 0.05) is 0 Å². The number of aromatic hydroxyl groups is 1. The van der Waals surface area contributed by atoms with Gasteiger partial charge in [-0.2, -0.15) is 0 Å². The van der Waals surface area contributed by atoms with Gasteiger partial charge >= 0.3 is 6.03 Å². The van der Waals surface area contributed by atoms with Crippen molar-refractivity contribution in [2.75, 3.05) is 4.90 Å². The number of rotatable bonds is 3. The quantitative estimate of drug-likeness (QED) is 0.739. The SMILES string of the molecule is NC(=O)c1cc(N2C(=O)NC(c3cccc(O)c3)C2=O)ccc1F. The van der Waals surface area contributed by atoms with Crippen LogP contribution in [0.5, 0.6) is 5.75 Å². The minimum atomic E-state index is -1.01. The molecule has 0 saturated carbocycles. The molecule has 1 aliphatic heterocycles. The summed E-state index contributed by atoms with van der Waals surface area (Å²) in [5, 5.41) is 12.0. The Bertz CT molecular complexity index is 868. The molecule has 1 fully saturated rings. The lowest BCUT2D eigenvalue weighted by molar-refractivity contribution is -0.118. The number of carbonyl (C=O) groups is 3. The van der Waals surface area contributed by atoms with Gasteiger partial charge in [0.25, 0.3) is 11.8 Å². The Hall–Kier alpha value is -3.42. The maximum Gasteiger partial charge on any atom is 0.329 e. The molecule has 122 valence electrons. The summed E-state index contributed by atoms with van der Waals surface area (Å²) < 4.78 is 13.6. The van der Waals surface area contributed by atoms with Crippen molar-refractivity contribution in [3.05, 3.63) is 59.4 Å². The van der Waals surface area contributed by atoms with Crippen molar-refractivity contribution >= 4 is 23.5 Å². The minimum Gasteiger partial charge on any atom is -0.508 e. The molecule has 0 aliphatic carbocycles. The first kappa shape index (κ1) is 15.5. The number of hydrogen-bond donors (Lipinski definition) is 3. The molecular weight excluding hydrogens is 317 g/mol. The van der Waals surface area contributed by atoms with E-state index in [9.17, 15) is 23.9 Å². The first-order chi connectivity index (χ1) is 11.4. The highest BCUT2D eigenvalue weighted by molar-refractivity contribution is 6.21. The van der Waals surface area contributed by atoms with Crippen molar-refractivity contribution in [1.82, 2.24) is 5.32 Å². The zero-order valence-corrected chi connectivity index (χ0v) is 12.2. The van der Waals surface area contributed by atoms with E-state index in [2.05, 4.69) is 5.32 Å². The number of halogens is 1. The number of nitrogens with one attached hydrogen (secondary N) is 1. The van der Waals surface area contributed by atoms with Gasteiger partial charge < -0.3 is 16.2 Å². The third-order valence-corrected chi connectivity index (χ3v) is 3.62. The normalized spacial score (nSPS) is 17.0. The number of hydrogen-bond acceptors (Lipinski definition) is 4. The Kier molecular flexibility index (Phi) is 3.64. The molecule has 1 aliphatic rings. The van der Waals surface area contributed by atoms with Crippen molar-refractivity contribution in [2.45, 2.75) is 6.04 Å². The molecule has 0 aromatic heterocycles. The predicted molar refractivity (Wildman–Crippen MR) is 81.8 cm³/mol. The van der Waals surface area contributed by atoms with Gasteiger partial charge in [0.2, 0.25) is 0 Å². The Balaban J connectivity index is 1.98. The smallest absolute Gasteiger partial charge is 0.329 e. The number of phenolic OH excluding ortho intramolecular Hbond substituents is 1. The molecule has 1 saturated heterocycles. The van der Waals surface area contributed by atoms with Gasteiger partial charge in [0.1, 0.15) is 17.6 Å². The summed E-state index contributed by atoms with van der Waals surface area (Å²) in [4.78, 5) is 36.7. The lowest BCUT2D eigenvalue weighted by Crippen LogP contribution is -2.31. The molecule has 1 heterocycles. The average molecular weight is 329 g/mol. The fraction of sp³-hybridized carbons (Fsp3) is 0.0625. The minimum absolute atomic E-state index is 0.0235. The molecule has 0 bridgehead atoms. The third kappa shape index (κ3) is 2.54. The maximum absolute atomic E-state index is 13.6. The van der Waals surface area contributed by atoms with Crippen LogP contribution in [0.25, 0.3) is 0 Å². The molecule has 24 heavy (non-hydrogen) atoms. The Morgan fingerprint density at radius 2 is 1.96 bits per heavy atom. The van der Waals surface area contributed by atoms with E-state index >= 15 is 0 Å². The second-order valence-electron chi connectivity index (χ2n) is 5.18. The zero-order valence-electron chi connectivity index (χ0n) is 12.2. The second-order valence-corrected chi connectivity index (χ2v) is 5.18. The molecule has 2 aromatic rings. The van der Waals surface area contributed by atoms with Crippen LogP contribution in [0.15, 0.2) is 42.5 Å². The van der Waals surface area contributed by atoms with Crippen LogP contribution in [-0.4, -0.2) is 23.0 Å². The molecule has 1 unspecified atom stereocenters. The largest absolute Gasteiger partial charge is 0.508 e. The summed E-state index contributed by atoms with van der Waals surface area (Å²) >= 11 is 0. The van der Waals surface area contributed by atoms with Crippen LogP contribution in [0.4, 0.5) is 14.9 Å². The van der Waals surface area contributed by atoms with Gasteiger partial charge in [0.05, 0.1) is 11.3 Å². The molecule has 7 nitrogen and oxygen atoms in total. The topological polar surface area (TPSA) is 113 Å². The molecule has 0 radical (unpaired) electrons. The average Bonchev–Trinajstić information content (AvgIpc) is 2.83. The monoisotopic (exact) mass is 329 g/mol. The van der Waals surface area contributed by atoms with Crippen LogP contribution in [0.1, 0.15) is 22.0 Å². The molecule has 3 rings (SSSR count). The summed E-state index contributed by atoms with van der Waals surface area (Å²) in [5.41, 5.74) is 5.07. The number of benzene rings is 2. The number of nitrogens with two attached hydrogens (primary N) is 1. The van der Waals surface area contributed by atoms with Crippen LogP contribution in [0.2, 0.25) is 0 Å². The van der Waals surface area contributed by atoms with E-state index in [0.29, 0.717) is 5.56 Å². The second kappa shape index (κ2) is 5.65. The van der Waals surface area contributed by atoms with Crippen LogP contribution >= 0.6 is 0 Å². The van der Waals surface area contributed by atoms with Gasteiger partial charge in [-0.25, -0.2) is 14.1 Å². The number of phenols is 1. The van der Waals surface area contributed by atoms with Gasteiger partial charge in [-0.05, 0) is 35.9 Å². The van der Waals surface area contributed by atoms with E-state index in [1.165, 1.54) is 24.3 Å². The first-order valence-electron chi connectivity index (χ1n) is 6.91. The highest BCUT2D eigenvalue weighted by Gasteiger charge is 2.40. The predicted octanol–water partition coefficient (Wildman–Crippen LogP) is 1.43. The van der Waals surface area contributed by atoms with Crippen LogP contribution < -0.4 is 16.0 Å². The number of primary amides is 1. The molecular formula is C16H12FN3O4. The summed E-state index contributed by atoms with van der Waals surface area (Å²) in [5.74, 6) is -2.52. The lowest BCUT2D eigenvalue weighted by Gasteiger charge is -2.14. The number of nitrogens with zero attached hydrogens (tertiary/aromatic N) is 1. The molecule has 2 aromatic carbocycles. The third-order valence-electron chi connectivity index (χ3n) is 3.62. The maximum atomic E-state index is 13.6. The van der Waals surface area contributed by atoms with E-state index in [1.54, 1.807) is 6.07 Å². The van der Waals surface area contributed by atoms with Crippen molar-refractivity contribution < 1.29 is 23.9 Å². The number of anilines is 1. The Labute approximate surface area is 135 Å². The fourth-order valence-electron chi connectivity index (χ4n) is 2.49. The van der Waals surface area contributed by atoms with Gasteiger partial charge in [-0.1, -0.05) is 12.1 Å². The highest BCUT2D eigenvalue weighted by Crippen LogP contribution is 2.29. The summed E-state index contributed by atoms with van der Waals surface area (Å²) in [7, 11) is 0. The van der Waals surface area contributed by atoms with Crippen molar-refractivity contribution in [3.63, 3.8) is 0 Å². The zero-order chi connectivity index (χ0) is 17.4. The van der Waals surface area contributed by atoms with Crippen molar-refractivity contribution in [2.24, 2.45) is 5.73 Å². The molecule has 4 amide bonds. The summed E-state index contributed by atoms with van der Waals surface area (Å²) in [6.45, 7) is 0. The summed E-state index contributed by atoms with van der Waals surface area (Å²) in [6, 6.07) is 7.37. The van der Waals surface area contributed by atoms with E-state index in [4.69, 9.17) is 5.73 Å². The highest BCUT2D eigenvalue weighted by atomic mass is 19.1. The van der Waals surface area contributed by atoms with Crippen molar-refractivity contribution in [1.29, 1.82) is 0 Å². The molecule has 8 heteroatoms. The number of imide groups is 1. The van der Waals surface area contributed by atoms with E-state index in [1.807, 2.05) is 0 Å². The molecule has 0 spiro atoms. The van der Waals surface area contributed by atoms with Crippen LogP contribution in [-0.2, 0) is 4.79 Å². The van der Waals surface area contributed by atoms with Gasteiger partial charge in [0.15, 0.2) is 0 Å². The van der Waals surface area contributed by atoms with E-state index in [0.717, 1.165) is 17.0 Å². The fourth-order valence-corrected chi connectivity index (χ4v) is 2.49. The number of carbonyl (C=O) groups excluding carboxylic acids is 3. The van der Waals surface area contributed by atoms with Crippen LogP contribution in [0.3, 0.4) is 0 Å². The summed E-state index contributed by atoms with van der Waals surface area (Å²) in [6.07, 6.45) is 0. The van der Waals surface area contributed by atoms with E-state index in [-0.39, 0.29) is 11.4 Å². The van der Waals surface area contributed by atoms with E-state index < -0.39 is 35.3 Å².